The molecule has 2 aliphatic heterocycles. The molecule has 2 rings (SSSR count). The van der Waals surface area contributed by atoms with E-state index < -0.39 is 92.5 Å². The van der Waals surface area contributed by atoms with E-state index in [-0.39, 0.29) is 12.5 Å². The van der Waals surface area contributed by atoms with Crippen LogP contribution < -0.4 is 0 Å². The largest absolute Gasteiger partial charge is 0.473 e. The molecule has 0 aliphatic carbocycles. The number of aliphatic hydroxyl groups excluding tert-OH is 7. The quantitative estimate of drug-likeness (QED) is 0.0354. The Labute approximate surface area is 306 Å². The second-order valence-electron chi connectivity index (χ2n) is 14.0. The molecule has 16 heteroatoms. The minimum absolute atomic E-state index is 0.0474. The number of unbranched alkanes of at least 4 members (excludes halogenated alkanes) is 14. The molecule has 1 unspecified atom stereocenters. The number of carbonyl (C=O) groups is 3. The maximum absolute atomic E-state index is 12.6. The van der Waals surface area contributed by atoms with Gasteiger partial charge in [-0.3, -0.25) is 4.79 Å². The van der Waals surface area contributed by atoms with Crippen molar-refractivity contribution in [3.8, 4) is 0 Å². The average Bonchev–Trinajstić information content (AvgIpc) is 3.12. The molecule has 2 aliphatic rings. The average molecular weight is 753 g/mol. The van der Waals surface area contributed by atoms with Gasteiger partial charge in [0.25, 0.3) is 0 Å². The first kappa shape index (κ1) is 46.2. The molecule has 0 aromatic carbocycles. The van der Waals surface area contributed by atoms with Crippen molar-refractivity contribution in [1.29, 1.82) is 0 Å². The Kier molecular flexibility index (Phi) is 23.0. The van der Waals surface area contributed by atoms with Gasteiger partial charge in [0, 0.05) is 6.42 Å². The molecule has 0 radical (unpaired) electrons. The van der Waals surface area contributed by atoms with Crippen molar-refractivity contribution in [1.82, 2.24) is 0 Å². The summed E-state index contributed by atoms with van der Waals surface area (Å²) in [6, 6.07) is 0. The third-order valence-electron chi connectivity index (χ3n) is 9.69. The molecule has 52 heavy (non-hydrogen) atoms. The van der Waals surface area contributed by atoms with Crippen molar-refractivity contribution in [2.45, 2.75) is 196 Å². The smallest absolute Gasteiger partial charge is 0.417 e. The summed E-state index contributed by atoms with van der Waals surface area (Å²) < 4.78 is 26.6. The lowest BCUT2D eigenvalue weighted by Crippen LogP contribution is -2.64. The van der Waals surface area contributed by atoms with Crippen LogP contribution in [0, 0.1) is 0 Å². The SMILES string of the molecule is CCCCCC(CCCCCCCCCCCCCCCC(=O)O[C@@H]1[C@@H](O)[C@@H](O[C@H]2O[C@H](CO)[C@H](O)[C@H](O)[C@H]2O)O[C@H](CO)[C@H]1O)OC(=O)C(=O)O. The summed E-state index contributed by atoms with van der Waals surface area (Å²) in [6.45, 7) is 0.673. The van der Waals surface area contributed by atoms with E-state index in [0.29, 0.717) is 19.3 Å². The van der Waals surface area contributed by atoms with Crippen molar-refractivity contribution in [2.24, 2.45) is 0 Å². The first-order valence-electron chi connectivity index (χ1n) is 19.2. The zero-order chi connectivity index (χ0) is 38.5. The van der Waals surface area contributed by atoms with Crippen molar-refractivity contribution in [3.63, 3.8) is 0 Å². The van der Waals surface area contributed by atoms with Gasteiger partial charge >= 0.3 is 17.9 Å². The molecule has 0 spiro atoms. The monoisotopic (exact) mass is 752 g/mol. The Morgan fingerprint density at radius 3 is 1.56 bits per heavy atom. The number of aliphatic hydroxyl groups is 7. The van der Waals surface area contributed by atoms with E-state index >= 15 is 0 Å². The Morgan fingerprint density at radius 1 is 0.596 bits per heavy atom. The molecule has 0 saturated carbocycles. The molecule has 0 amide bonds. The lowest BCUT2D eigenvalue weighted by molar-refractivity contribution is -0.376. The highest BCUT2D eigenvalue weighted by atomic mass is 16.8. The van der Waals surface area contributed by atoms with Gasteiger partial charge in [-0.25, -0.2) is 9.59 Å². The van der Waals surface area contributed by atoms with Crippen LogP contribution >= 0.6 is 0 Å². The number of esters is 2. The lowest BCUT2D eigenvalue weighted by Gasteiger charge is -2.45. The van der Waals surface area contributed by atoms with E-state index in [9.17, 15) is 50.1 Å². The number of rotatable bonds is 26. The first-order chi connectivity index (χ1) is 24.9. The molecule has 11 atom stereocenters. The molecule has 0 aromatic rings. The summed E-state index contributed by atoms with van der Waals surface area (Å²) in [6.07, 6.45) is 1.39. The van der Waals surface area contributed by atoms with E-state index in [0.717, 1.165) is 96.3 Å². The molecule has 8 N–H and O–H groups in total. The number of carboxylic acid groups (broad SMARTS) is 1. The third-order valence-corrected chi connectivity index (χ3v) is 9.69. The highest BCUT2D eigenvalue weighted by molar-refractivity contribution is 6.28. The van der Waals surface area contributed by atoms with Crippen LogP contribution in [0.25, 0.3) is 0 Å². The summed E-state index contributed by atoms with van der Waals surface area (Å²) in [5, 5.41) is 79.5. The van der Waals surface area contributed by atoms with Crippen molar-refractivity contribution in [3.05, 3.63) is 0 Å². The van der Waals surface area contributed by atoms with Gasteiger partial charge in [-0.05, 0) is 32.1 Å². The molecule has 304 valence electrons. The fraction of sp³-hybridized carbons (Fsp3) is 0.917. The minimum Gasteiger partial charge on any atom is -0.473 e. The van der Waals surface area contributed by atoms with Gasteiger partial charge in [0.15, 0.2) is 18.7 Å². The Bertz CT molecular complexity index is 997. The molecule has 16 nitrogen and oxygen atoms in total. The Morgan fingerprint density at radius 2 is 1.06 bits per heavy atom. The molecule has 0 bridgehead atoms. The summed E-state index contributed by atoms with van der Waals surface area (Å²) in [5.41, 5.74) is 0. The van der Waals surface area contributed by atoms with Crippen molar-refractivity contribution in [2.75, 3.05) is 13.2 Å². The summed E-state index contributed by atoms with van der Waals surface area (Å²) in [4.78, 5) is 34.9. The second-order valence-corrected chi connectivity index (χ2v) is 14.0. The van der Waals surface area contributed by atoms with Gasteiger partial charge in [-0.15, -0.1) is 0 Å². The van der Waals surface area contributed by atoms with Gasteiger partial charge in [0.05, 0.1) is 13.2 Å². The Balaban J connectivity index is 1.56. The highest BCUT2D eigenvalue weighted by Crippen LogP contribution is 2.29. The molecule has 0 aromatic heterocycles. The van der Waals surface area contributed by atoms with Gasteiger partial charge in [0.2, 0.25) is 0 Å². The van der Waals surface area contributed by atoms with Crippen LogP contribution in [0.15, 0.2) is 0 Å². The van der Waals surface area contributed by atoms with E-state index in [2.05, 4.69) is 6.92 Å². The maximum Gasteiger partial charge on any atom is 0.417 e. The topological polar surface area (TPSA) is 259 Å². The van der Waals surface area contributed by atoms with Crippen LogP contribution in [0.5, 0.6) is 0 Å². The van der Waals surface area contributed by atoms with Crippen LogP contribution in [0.4, 0.5) is 0 Å². The fourth-order valence-electron chi connectivity index (χ4n) is 6.50. The summed E-state index contributed by atoms with van der Waals surface area (Å²) in [7, 11) is 0. The third kappa shape index (κ3) is 16.2. The minimum atomic E-state index is -1.79. The zero-order valence-electron chi connectivity index (χ0n) is 30.5. The number of carboxylic acids is 1. The van der Waals surface area contributed by atoms with E-state index in [1.165, 1.54) is 0 Å². The van der Waals surface area contributed by atoms with Crippen molar-refractivity contribution < 1.29 is 78.9 Å². The lowest BCUT2D eigenvalue weighted by atomic mass is 9.98. The van der Waals surface area contributed by atoms with Crippen LogP contribution in [-0.2, 0) is 38.1 Å². The number of hydrogen-bond acceptors (Lipinski definition) is 15. The molecule has 2 fully saturated rings. The van der Waals surface area contributed by atoms with Gasteiger partial charge in [-0.2, -0.15) is 0 Å². The Hall–Kier alpha value is -1.99. The molecular weight excluding hydrogens is 688 g/mol. The van der Waals surface area contributed by atoms with Crippen LogP contribution in [0.1, 0.15) is 129 Å². The second kappa shape index (κ2) is 25.9. The predicted molar refractivity (Wildman–Crippen MR) is 183 cm³/mol. The van der Waals surface area contributed by atoms with Gasteiger partial charge in [0.1, 0.15) is 48.8 Å². The maximum atomic E-state index is 12.6. The van der Waals surface area contributed by atoms with Crippen LogP contribution in [0.3, 0.4) is 0 Å². The van der Waals surface area contributed by atoms with Crippen LogP contribution in [0.2, 0.25) is 0 Å². The molecular formula is C36H64O16. The van der Waals surface area contributed by atoms with Crippen LogP contribution in [-0.4, -0.2) is 139 Å². The first-order valence-corrected chi connectivity index (χ1v) is 19.2. The van der Waals surface area contributed by atoms with E-state index in [4.69, 9.17) is 28.8 Å². The number of hydrogen-bond donors (Lipinski definition) is 8. The van der Waals surface area contributed by atoms with Gasteiger partial charge in [-0.1, -0.05) is 90.4 Å². The number of carbonyl (C=O) groups excluding carboxylic acids is 2. The number of ether oxygens (including phenoxy) is 5. The normalized spacial score (nSPS) is 29.8. The van der Waals surface area contributed by atoms with E-state index in [1.807, 2.05) is 0 Å². The summed E-state index contributed by atoms with van der Waals surface area (Å²) in [5.74, 6) is -3.38. The standard InChI is InChI=1S/C36H64O16/c1-2-3-15-18-23(48-34(47)33(45)46)19-16-13-11-9-7-5-4-6-8-10-12-14-17-20-26(39)51-32-28(41)25(22-38)50-36(31(32)44)52-35-30(43)29(42)27(40)24(21-37)49-35/h23-25,27-32,35-38,40-44H,2-22H2,1H3,(H,45,46)/t23?,24-,25-,27+,28-,29+,30-,31-,32+,35-,36-/m1/s1. The highest BCUT2D eigenvalue weighted by Gasteiger charge is 2.51. The number of aliphatic carboxylic acids is 1. The summed E-state index contributed by atoms with van der Waals surface area (Å²) >= 11 is 0. The fourth-order valence-corrected chi connectivity index (χ4v) is 6.50. The zero-order valence-corrected chi connectivity index (χ0v) is 30.5. The van der Waals surface area contributed by atoms with E-state index in [1.54, 1.807) is 0 Å². The molecule has 2 heterocycles. The van der Waals surface area contributed by atoms with Gasteiger partial charge < -0.3 is 64.5 Å². The molecule has 2 saturated heterocycles. The van der Waals surface area contributed by atoms with Crippen molar-refractivity contribution >= 4 is 17.9 Å². The predicted octanol–water partition coefficient (Wildman–Crippen LogP) is 1.58.